The van der Waals surface area contributed by atoms with E-state index < -0.39 is 24.1 Å². The minimum atomic E-state index is -0.796. The summed E-state index contributed by atoms with van der Waals surface area (Å²) in [5.74, 6) is -1.21. The number of nitrogens with one attached hydrogen (secondary N) is 1. The normalized spacial score (nSPS) is 17.3. The molecule has 2 aromatic heterocycles. The van der Waals surface area contributed by atoms with Gasteiger partial charge in [-0.3, -0.25) is 23.9 Å². The third-order valence-electron chi connectivity index (χ3n) is 6.14. The number of Topliss-reactive ketones (excluding diaryl/α,β-unsaturated/α-hetero) is 1. The number of hydrogen-bond acceptors (Lipinski definition) is 7. The van der Waals surface area contributed by atoms with Gasteiger partial charge in [0.05, 0.1) is 12.1 Å². The fraction of sp³-hybridized carbons (Fsp3) is 0.500. The molecule has 0 aromatic carbocycles. The molecule has 4 rings (SSSR count). The lowest BCUT2D eigenvalue weighted by Gasteiger charge is -2.19. The van der Waals surface area contributed by atoms with Gasteiger partial charge in [-0.2, -0.15) is 0 Å². The number of amides is 3. The number of hydrogen-bond donors (Lipinski definition) is 1. The number of aromatic nitrogens is 2. The second-order valence-corrected chi connectivity index (χ2v) is 9.24. The Kier molecular flexibility index (Phi) is 5.89. The molecule has 2 aliphatic rings. The number of rotatable bonds is 7. The lowest BCUT2D eigenvalue weighted by molar-refractivity contribution is -0.143. The second-order valence-electron chi connectivity index (χ2n) is 8.40. The predicted molar refractivity (Wildman–Crippen MR) is 117 cm³/mol. The number of thiazole rings is 1. The van der Waals surface area contributed by atoms with Crippen LogP contribution in [0.1, 0.15) is 59.5 Å². The average Bonchev–Trinajstić information content (AvgIpc) is 3.49. The molecule has 10 heteroatoms. The fourth-order valence-corrected chi connectivity index (χ4v) is 5.39. The topological polar surface area (TPSA) is 111 Å². The number of esters is 1. The van der Waals surface area contributed by atoms with Gasteiger partial charge < -0.3 is 10.1 Å². The average molecular weight is 459 g/mol. The van der Waals surface area contributed by atoms with Gasteiger partial charge in [-0.25, -0.2) is 9.78 Å². The number of carbonyl (C=O) groups excluding carboxylic acids is 4. The molecule has 2 aromatic rings. The summed E-state index contributed by atoms with van der Waals surface area (Å²) in [4.78, 5) is 55.2. The van der Waals surface area contributed by atoms with Crippen LogP contribution in [-0.4, -0.2) is 56.8 Å². The Morgan fingerprint density at radius 3 is 2.59 bits per heavy atom. The lowest BCUT2D eigenvalue weighted by Crippen LogP contribution is -2.44. The number of carbonyl (C=O) groups is 4. The number of ether oxygens (including phenoxy) is 1. The number of urea groups is 1. The number of imide groups is 1. The summed E-state index contributed by atoms with van der Waals surface area (Å²) < 4.78 is 7.04. The monoisotopic (exact) mass is 458 g/mol. The highest BCUT2D eigenvalue weighted by atomic mass is 32.1. The highest BCUT2D eigenvalue weighted by molar-refractivity contribution is 7.12. The summed E-state index contributed by atoms with van der Waals surface area (Å²) in [5, 5.41) is 5.50. The van der Waals surface area contributed by atoms with Gasteiger partial charge >= 0.3 is 12.0 Å². The van der Waals surface area contributed by atoms with Crippen molar-refractivity contribution in [3.05, 3.63) is 34.1 Å². The molecule has 1 saturated carbocycles. The van der Waals surface area contributed by atoms with E-state index in [-0.39, 0.29) is 24.7 Å². The van der Waals surface area contributed by atoms with Crippen LogP contribution in [0.15, 0.2) is 11.4 Å². The van der Waals surface area contributed by atoms with E-state index in [9.17, 15) is 19.2 Å². The first-order chi connectivity index (χ1) is 15.2. The van der Waals surface area contributed by atoms with E-state index in [0.29, 0.717) is 18.4 Å². The van der Waals surface area contributed by atoms with E-state index >= 15 is 0 Å². The number of nitrogens with zero attached hydrogens (tertiary/aromatic N) is 3. The van der Waals surface area contributed by atoms with E-state index in [4.69, 9.17) is 4.74 Å². The maximum Gasteiger partial charge on any atom is 0.325 e. The van der Waals surface area contributed by atoms with Crippen LogP contribution < -0.4 is 5.32 Å². The molecular weight excluding hydrogens is 432 g/mol. The minimum absolute atomic E-state index is 0.0582. The molecule has 2 fully saturated rings. The molecule has 0 radical (unpaired) electrons. The molecule has 0 unspecified atom stereocenters. The third kappa shape index (κ3) is 3.94. The van der Waals surface area contributed by atoms with Crippen molar-refractivity contribution in [2.45, 2.75) is 58.4 Å². The van der Waals surface area contributed by atoms with Gasteiger partial charge in [-0.05, 0) is 39.7 Å². The van der Waals surface area contributed by atoms with Crippen LogP contribution in [0.25, 0.3) is 5.13 Å². The van der Waals surface area contributed by atoms with Crippen molar-refractivity contribution >= 4 is 35.0 Å². The molecule has 170 valence electrons. The summed E-state index contributed by atoms with van der Waals surface area (Å²) in [6.07, 6.45) is 2.90. The smallest absolute Gasteiger partial charge is 0.325 e. The molecule has 1 saturated heterocycles. The Bertz CT molecular complexity index is 1100. The van der Waals surface area contributed by atoms with E-state index in [0.717, 1.165) is 40.0 Å². The zero-order valence-corrected chi connectivity index (χ0v) is 19.2. The van der Waals surface area contributed by atoms with E-state index in [1.54, 1.807) is 6.07 Å². The van der Waals surface area contributed by atoms with Gasteiger partial charge in [0.2, 0.25) is 5.78 Å². The van der Waals surface area contributed by atoms with Crippen LogP contribution in [-0.2, 0) is 14.3 Å². The van der Waals surface area contributed by atoms with Crippen molar-refractivity contribution in [2.24, 2.45) is 0 Å². The van der Waals surface area contributed by atoms with E-state index in [1.165, 1.54) is 11.3 Å². The number of aryl methyl sites for hydroxylation is 2. The quantitative estimate of drug-likeness (QED) is 0.388. The van der Waals surface area contributed by atoms with Gasteiger partial charge in [0.25, 0.3) is 5.91 Å². The first-order valence-electron chi connectivity index (χ1n) is 10.7. The molecule has 32 heavy (non-hydrogen) atoms. The largest absolute Gasteiger partial charge is 0.457 e. The Morgan fingerprint density at radius 1 is 1.22 bits per heavy atom. The molecule has 0 atom stereocenters. The van der Waals surface area contributed by atoms with Gasteiger partial charge in [-0.15, -0.1) is 11.3 Å². The molecule has 3 heterocycles. The van der Waals surface area contributed by atoms with Crippen molar-refractivity contribution in [3.8, 4) is 5.13 Å². The van der Waals surface area contributed by atoms with Crippen LogP contribution in [0, 0.1) is 20.8 Å². The van der Waals surface area contributed by atoms with Crippen LogP contribution in [0.3, 0.4) is 0 Å². The standard InChI is InChI=1S/C22H26N4O5S/c1-13-12-32-21(23-13)26-14(2)10-16(15(26)3)17(27)11-31-18(28)6-9-25-19(29)22(24-20(25)30)7-4-5-8-22/h10,12H,4-9,11H2,1-3H3,(H,24,30). The molecule has 0 bridgehead atoms. The minimum Gasteiger partial charge on any atom is -0.457 e. The predicted octanol–water partition coefficient (Wildman–Crippen LogP) is 2.84. The van der Waals surface area contributed by atoms with Gasteiger partial charge in [0.15, 0.2) is 11.7 Å². The Balaban J connectivity index is 1.32. The zero-order valence-electron chi connectivity index (χ0n) is 18.4. The van der Waals surface area contributed by atoms with Crippen LogP contribution in [0.2, 0.25) is 0 Å². The van der Waals surface area contributed by atoms with Crippen molar-refractivity contribution in [2.75, 3.05) is 13.2 Å². The summed E-state index contributed by atoms with van der Waals surface area (Å²) in [5.41, 5.74) is 2.18. The van der Waals surface area contributed by atoms with E-state index in [2.05, 4.69) is 10.3 Å². The molecule has 3 amide bonds. The Morgan fingerprint density at radius 2 is 1.94 bits per heavy atom. The highest BCUT2D eigenvalue weighted by Gasteiger charge is 2.52. The van der Waals surface area contributed by atoms with Crippen LogP contribution in [0.4, 0.5) is 4.79 Å². The molecule has 1 aliphatic carbocycles. The van der Waals surface area contributed by atoms with Gasteiger partial charge in [0.1, 0.15) is 5.54 Å². The molecule has 1 N–H and O–H groups in total. The maximum absolute atomic E-state index is 12.7. The van der Waals surface area contributed by atoms with Crippen molar-refractivity contribution < 1.29 is 23.9 Å². The summed E-state index contributed by atoms with van der Waals surface area (Å²) >= 11 is 1.49. The first kappa shape index (κ1) is 22.2. The van der Waals surface area contributed by atoms with Crippen molar-refractivity contribution in [3.63, 3.8) is 0 Å². The second kappa shape index (κ2) is 8.50. The van der Waals surface area contributed by atoms with Gasteiger partial charge in [-0.1, -0.05) is 12.8 Å². The molecule has 1 aliphatic heterocycles. The lowest BCUT2D eigenvalue weighted by atomic mass is 9.98. The SMILES string of the molecule is Cc1csc(-n2c(C)cc(C(=O)COC(=O)CCN3C(=O)NC4(CCCC4)C3=O)c2C)n1. The Labute approximate surface area is 189 Å². The summed E-state index contributed by atoms with van der Waals surface area (Å²) in [7, 11) is 0. The third-order valence-corrected chi connectivity index (χ3v) is 7.08. The van der Waals surface area contributed by atoms with Gasteiger partial charge in [0, 0.05) is 28.9 Å². The maximum atomic E-state index is 12.7. The molecule has 1 spiro atoms. The first-order valence-corrected chi connectivity index (χ1v) is 11.5. The zero-order chi connectivity index (χ0) is 23.0. The van der Waals surface area contributed by atoms with Crippen molar-refractivity contribution in [1.29, 1.82) is 0 Å². The summed E-state index contributed by atoms with van der Waals surface area (Å²) in [6, 6.07) is 1.29. The molecular formula is C22H26N4O5S. The Hall–Kier alpha value is -3.01. The number of ketones is 1. The fourth-order valence-electron chi connectivity index (χ4n) is 4.48. The molecule has 9 nitrogen and oxygen atoms in total. The highest BCUT2D eigenvalue weighted by Crippen LogP contribution is 2.35. The van der Waals surface area contributed by atoms with Crippen molar-refractivity contribution in [1.82, 2.24) is 19.8 Å². The van der Waals surface area contributed by atoms with E-state index in [1.807, 2.05) is 30.7 Å². The van der Waals surface area contributed by atoms with Crippen LogP contribution in [0.5, 0.6) is 0 Å². The summed E-state index contributed by atoms with van der Waals surface area (Å²) in [6.45, 7) is 5.17. The van der Waals surface area contributed by atoms with Crippen LogP contribution >= 0.6 is 11.3 Å².